The van der Waals surface area contributed by atoms with Crippen LogP contribution in [0.5, 0.6) is 0 Å². The van der Waals surface area contributed by atoms with Crippen LogP contribution in [0.3, 0.4) is 0 Å². The quantitative estimate of drug-likeness (QED) is 0.172. The minimum Gasteiger partial charge on any atom is -0.310 e. The van der Waals surface area contributed by atoms with E-state index in [4.69, 9.17) is 4.98 Å². The summed E-state index contributed by atoms with van der Waals surface area (Å²) < 4.78 is 1.27. The van der Waals surface area contributed by atoms with Crippen LogP contribution in [0.15, 0.2) is 182 Å². The largest absolute Gasteiger partial charge is 0.310 e. The second kappa shape index (κ2) is 11.7. The number of benzene rings is 8. The van der Waals surface area contributed by atoms with E-state index in [1.165, 1.54) is 58.9 Å². The van der Waals surface area contributed by atoms with Crippen LogP contribution in [0.2, 0.25) is 0 Å². The molecule has 10 rings (SSSR count). The molecule has 10 aromatic rings. The van der Waals surface area contributed by atoms with E-state index in [2.05, 4.69) is 187 Å². The fraction of sp³-hybridized carbons (Fsp3) is 0. The third-order valence-electron chi connectivity index (χ3n) is 9.86. The molecule has 2 heterocycles. The molecule has 0 fully saturated rings. The monoisotopic (exact) mass is 654 g/mol. The summed E-state index contributed by atoms with van der Waals surface area (Å²) >= 11 is 1.76. The van der Waals surface area contributed by atoms with Crippen molar-refractivity contribution in [1.29, 1.82) is 0 Å². The van der Waals surface area contributed by atoms with Gasteiger partial charge >= 0.3 is 0 Å². The van der Waals surface area contributed by atoms with Gasteiger partial charge in [-0.1, -0.05) is 133 Å². The number of anilines is 3. The molecular weight excluding hydrogens is 625 g/mol. The van der Waals surface area contributed by atoms with Gasteiger partial charge in [-0.05, 0) is 86.6 Å². The zero-order valence-corrected chi connectivity index (χ0v) is 27.9. The van der Waals surface area contributed by atoms with E-state index in [-0.39, 0.29) is 0 Å². The average molecular weight is 655 g/mol. The average Bonchev–Trinajstić information content (AvgIpc) is 3.57. The molecule has 0 saturated heterocycles. The third-order valence-corrected chi connectivity index (χ3v) is 10.9. The summed E-state index contributed by atoms with van der Waals surface area (Å²) in [6.45, 7) is 0. The van der Waals surface area contributed by atoms with Crippen LogP contribution >= 0.6 is 11.3 Å². The molecule has 0 bridgehead atoms. The van der Waals surface area contributed by atoms with Crippen LogP contribution in [0, 0.1) is 0 Å². The van der Waals surface area contributed by atoms with Gasteiger partial charge in [0.25, 0.3) is 0 Å². The highest BCUT2D eigenvalue weighted by Gasteiger charge is 2.19. The Hall–Kier alpha value is -6.29. The molecule has 2 aromatic heterocycles. The second-order valence-electron chi connectivity index (χ2n) is 12.8. The number of hydrogen-bond acceptors (Lipinski definition) is 3. The molecule has 2 nitrogen and oxygen atoms in total. The summed E-state index contributed by atoms with van der Waals surface area (Å²) in [5, 5.41) is 9.99. The zero-order valence-electron chi connectivity index (χ0n) is 27.1. The maximum absolute atomic E-state index is 5.12. The van der Waals surface area contributed by atoms with E-state index in [0.29, 0.717) is 0 Å². The van der Waals surface area contributed by atoms with Crippen LogP contribution in [-0.2, 0) is 0 Å². The van der Waals surface area contributed by atoms with Gasteiger partial charge in [-0.2, -0.15) is 0 Å². The lowest BCUT2D eigenvalue weighted by molar-refractivity contribution is 1.30. The highest BCUT2D eigenvalue weighted by molar-refractivity contribution is 7.25. The Morgan fingerprint density at radius 3 is 1.78 bits per heavy atom. The van der Waals surface area contributed by atoms with Crippen LogP contribution in [0.4, 0.5) is 17.1 Å². The van der Waals surface area contributed by atoms with Crippen molar-refractivity contribution in [2.45, 2.75) is 0 Å². The highest BCUT2D eigenvalue weighted by atomic mass is 32.1. The maximum atomic E-state index is 5.12. The fourth-order valence-electron chi connectivity index (χ4n) is 7.45. The predicted octanol–water partition coefficient (Wildman–Crippen LogP) is 13.7. The van der Waals surface area contributed by atoms with E-state index in [9.17, 15) is 0 Å². The number of rotatable bonds is 5. The topological polar surface area (TPSA) is 16.1 Å². The first-order valence-electron chi connectivity index (χ1n) is 17.0. The van der Waals surface area contributed by atoms with Gasteiger partial charge in [0.05, 0.1) is 11.4 Å². The number of fused-ring (bicyclic) bond motifs is 8. The summed E-state index contributed by atoms with van der Waals surface area (Å²) in [6, 6.07) is 65.7. The fourth-order valence-corrected chi connectivity index (χ4v) is 8.53. The first kappa shape index (κ1) is 28.7. The molecule has 0 spiro atoms. The number of thiophene rings is 1. The molecular formula is C47H30N2S. The maximum Gasteiger partial charge on any atom is 0.125 e. The number of aromatic nitrogens is 1. The molecule has 3 heteroatoms. The van der Waals surface area contributed by atoms with Gasteiger partial charge in [-0.15, -0.1) is 11.3 Å². The highest BCUT2D eigenvalue weighted by Crippen LogP contribution is 2.44. The number of pyridine rings is 1. The van der Waals surface area contributed by atoms with Gasteiger partial charge in [-0.25, -0.2) is 4.98 Å². The van der Waals surface area contributed by atoms with Gasteiger partial charge in [0, 0.05) is 37.8 Å². The van der Waals surface area contributed by atoms with Gasteiger partial charge in [-0.3, -0.25) is 0 Å². The molecule has 0 radical (unpaired) electrons. The minimum absolute atomic E-state index is 0.984. The standard InChI is InChI=1S/C47H30N2S/c1-2-10-31(11-3-1)32-20-24-36(25-21-32)49(44-30-35-19-18-33-12-4-5-13-38(33)46(35)41-16-7-6-14-39(41)44)37-26-22-34(23-27-37)43-29-28-42-40-15-8-9-17-45(40)50-47(42)48-43/h1-30H. The molecule has 0 atom stereocenters. The zero-order chi connectivity index (χ0) is 33.0. The molecule has 0 N–H and O–H groups in total. The summed E-state index contributed by atoms with van der Waals surface area (Å²) in [5.41, 5.74) is 7.83. The number of hydrogen-bond donors (Lipinski definition) is 0. The molecule has 0 aliphatic heterocycles. The Labute approximate surface area is 294 Å². The Bertz CT molecular complexity index is 2850. The van der Waals surface area contributed by atoms with E-state index < -0.39 is 0 Å². The normalized spacial score (nSPS) is 11.6. The van der Waals surface area contributed by atoms with Crippen LogP contribution in [0.25, 0.3) is 75.0 Å². The first-order valence-corrected chi connectivity index (χ1v) is 17.8. The van der Waals surface area contributed by atoms with E-state index in [1.807, 2.05) is 0 Å². The lowest BCUT2D eigenvalue weighted by atomic mass is 9.94. The Balaban J connectivity index is 1.14. The van der Waals surface area contributed by atoms with Gasteiger partial charge in [0.1, 0.15) is 4.83 Å². The van der Waals surface area contributed by atoms with Crippen LogP contribution in [-0.4, -0.2) is 4.98 Å². The third kappa shape index (κ3) is 4.74. The van der Waals surface area contributed by atoms with Crippen molar-refractivity contribution in [2.24, 2.45) is 0 Å². The Morgan fingerprint density at radius 1 is 0.400 bits per heavy atom. The molecule has 50 heavy (non-hydrogen) atoms. The van der Waals surface area contributed by atoms with E-state index in [1.54, 1.807) is 11.3 Å². The van der Waals surface area contributed by atoms with Crippen molar-refractivity contribution >= 4 is 81.0 Å². The molecule has 8 aromatic carbocycles. The van der Waals surface area contributed by atoms with Gasteiger partial charge in [0.15, 0.2) is 0 Å². The Morgan fingerprint density at radius 2 is 1.00 bits per heavy atom. The smallest absolute Gasteiger partial charge is 0.125 e. The van der Waals surface area contributed by atoms with Crippen molar-refractivity contribution in [3.05, 3.63) is 182 Å². The second-order valence-corrected chi connectivity index (χ2v) is 13.8. The van der Waals surface area contributed by atoms with Crippen molar-refractivity contribution in [3.8, 4) is 22.4 Å². The summed E-state index contributed by atoms with van der Waals surface area (Å²) in [7, 11) is 0. The summed E-state index contributed by atoms with van der Waals surface area (Å²) in [4.78, 5) is 8.59. The summed E-state index contributed by atoms with van der Waals surface area (Å²) in [6.07, 6.45) is 0. The van der Waals surface area contributed by atoms with Gasteiger partial charge in [0.2, 0.25) is 0 Å². The Kier molecular flexibility index (Phi) is 6.71. The molecule has 0 aliphatic carbocycles. The van der Waals surface area contributed by atoms with Crippen molar-refractivity contribution in [3.63, 3.8) is 0 Å². The first-order chi connectivity index (χ1) is 24.8. The predicted molar refractivity (Wildman–Crippen MR) is 215 cm³/mol. The molecule has 0 saturated carbocycles. The minimum atomic E-state index is 0.984. The van der Waals surface area contributed by atoms with E-state index in [0.717, 1.165) is 33.1 Å². The molecule has 0 unspecified atom stereocenters. The summed E-state index contributed by atoms with van der Waals surface area (Å²) in [5.74, 6) is 0. The van der Waals surface area contributed by atoms with Crippen molar-refractivity contribution < 1.29 is 0 Å². The molecule has 0 amide bonds. The molecule has 0 aliphatic rings. The number of nitrogens with zero attached hydrogens (tertiary/aromatic N) is 2. The van der Waals surface area contributed by atoms with Crippen molar-refractivity contribution in [1.82, 2.24) is 4.98 Å². The van der Waals surface area contributed by atoms with Gasteiger partial charge < -0.3 is 4.90 Å². The van der Waals surface area contributed by atoms with Crippen LogP contribution in [0.1, 0.15) is 0 Å². The SMILES string of the molecule is c1ccc(-c2ccc(N(c3ccc(-c4ccc5c(n4)sc4ccccc45)cc3)c3cc4ccc5ccccc5c4c4ccccc34)cc2)cc1. The molecule has 234 valence electrons. The van der Waals surface area contributed by atoms with Crippen molar-refractivity contribution in [2.75, 3.05) is 4.90 Å². The van der Waals surface area contributed by atoms with Crippen LogP contribution < -0.4 is 4.90 Å². The lowest BCUT2D eigenvalue weighted by Crippen LogP contribution is -2.10. The van der Waals surface area contributed by atoms with E-state index >= 15 is 0 Å². The lowest BCUT2D eigenvalue weighted by Gasteiger charge is -2.28.